The van der Waals surface area contributed by atoms with Crippen LogP contribution in [0, 0.1) is 11.5 Å². The normalized spacial score (nSPS) is 18.0. The van der Waals surface area contributed by atoms with Gasteiger partial charge in [-0.05, 0) is 91.4 Å². The molecule has 4 aromatic carbocycles. The highest BCUT2D eigenvalue weighted by atomic mass is 32.2. The maximum Gasteiger partial charge on any atom is 0.247 e. The predicted molar refractivity (Wildman–Crippen MR) is 193 cm³/mol. The molecule has 0 bridgehead atoms. The van der Waals surface area contributed by atoms with Crippen LogP contribution in [0.1, 0.15) is 103 Å². The van der Waals surface area contributed by atoms with Crippen LogP contribution in [0.5, 0.6) is 0 Å². The minimum absolute atomic E-state index is 0.00879. The monoisotopic (exact) mass is 614 g/mol. The Kier molecular flexibility index (Phi) is 7.57. The summed E-state index contributed by atoms with van der Waals surface area (Å²) in [4.78, 5) is 8.49. The van der Waals surface area contributed by atoms with Gasteiger partial charge >= 0.3 is 0 Å². The average molecular weight is 615 g/mol. The van der Waals surface area contributed by atoms with Gasteiger partial charge in [0.15, 0.2) is 0 Å². The number of anilines is 1. The first-order valence-electron chi connectivity index (χ1n) is 16.6. The molecule has 0 saturated carbocycles. The quantitative estimate of drug-likeness (QED) is 0.172. The van der Waals surface area contributed by atoms with E-state index in [1.165, 1.54) is 64.4 Å². The van der Waals surface area contributed by atoms with Crippen LogP contribution in [0.15, 0.2) is 98.4 Å². The number of hydrogen-bond acceptors (Lipinski definition) is 3. The fraction of sp³-hybridized carbons (Fsp3) is 0.375. The van der Waals surface area contributed by atoms with E-state index in [1.54, 1.807) is 0 Å². The largest absolute Gasteiger partial charge is 0.353 e. The topological polar surface area (TPSA) is 3.24 Å². The fourth-order valence-corrected chi connectivity index (χ4v) is 11.0. The van der Waals surface area contributed by atoms with E-state index >= 15 is 0 Å². The van der Waals surface area contributed by atoms with E-state index in [1.807, 2.05) is 23.5 Å². The Labute approximate surface area is 274 Å². The van der Waals surface area contributed by atoms with Crippen molar-refractivity contribution in [3.8, 4) is 0 Å². The molecular weight excluding hydrogens is 569 g/mol. The minimum atomic E-state index is -0.00879. The summed E-state index contributed by atoms with van der Waals surface area (Å²) in [5, 5.41) is 0. The summed E-state index contributed by atoms with van der Waals surface area (Å²) in [7, 11) is 0. The van der Waals surface area contributed by atoms with Crippen molar-refractivity contribution in [3.63, 3.8) is 0 Å². The second-order valence-electron chi connectivity index (χ2n) is 14.4. The number of hydrogen-bond donors (Lipinski definition) is 0. The third-order valence-corrected chi connectivity index (χ3v) is 12.9. The molecule has 3 aliphatic rings. The van der Waals surface area contributed by atoms with E-state index in [-0.39, 0.29) is 11.0 Å². The van der Waals surface area contributed by atoms with Crippen molar-refractivity contribution < 1.29 is 0 Å². The van der Waals surface area contributed by atoms with Gasteiger partial charge in [0.05, 0.1) is 6.04 Å². The minimum Gasteiger partial charge on any atom is -0.353 e. The maximum absolute atomic E-state index is 2.83. The molecule has 3 aliphatic heterocycles. The molecule has 7 rings (SSSR count). The Balaban J connectivity index is 1.49. The molecule has 0 atom stereocenters. The van der Waals surface area contributed by atoms with Gasteiger partial charge in [-0.1, -0.05) is 131 Å². The molecule has 0 spiro atoms. The summed E-state index contributed by atoms with van der Waals surface area (Å²) in [6, 6.07) is 32.0. The molecule has 0 aromatic heterocycles. The summed E-state index contributed by atoms with van der Waals surface area (Å²) in [5.74, 6) is 0.895. The van der Waals surface area contributed by atoms with E-state index in [0.717, 1.165) is 19.3 Å². The van der Waals surface area contributed by atoms with E-state index in [2.05, 4.69) is 139 Å². The maximum atomic E-state index is 2.83. The van der Waals surface area contributed by atoms with Gasteiger partial charge in [0.1, 0.15) is 0 Å². The third-order valence-electron chi connectivity index (χ3n) is 10.6. The Morgan fingerprint density at radius 1 is 0.705 bits per heavy atom. The standard InChI is InChI=1S/C40H45BNS2/c1-9-40(10-2)24-39(7,8)42(37-28(25(3)4)16-15-17-29(37)26(5)6)38(40)27-22-34-36-35(23-27)44-33-21-14-12-19-31(33)41(36)30-18-11-13-20-32(30)43-34/h11-23,25-26H,9-10,24H2,1-8H3. The van der Waals surface area contributed by atoms with Crippen molar-refractivity contribution in [3.05, 3.63) is 102 Å². The molecule has 0 unspecified atom stereocenters. The zero-order valence-electron chi connectivity index (χ0n) is 27.6. The molecule has 4 aromatic rings. The first kappa shape index (κ1) is 30.1. The number of fused-ring (bicyclic) bond motifs is 4. The second-order valence-corrected chi connectivity index (χ2v) is 16.5. The first-order valence-corrected chi connectivity index (χ1v) is 18.3. The molecule has 0 amide bonds. The van der Waals surface area contributed by atoms with Crippen molar-refractivity contribution in [1.29, 1.82) is 0 Å². The zero-order valence-corrected chi connectivity index (χ0v) is 29.3. The molecule has 3 heterocycles. The van der Waals surface area contributed by atoms with Gasteiger partial charge < -0.3 is 4.90 Å². The van der Waals surface area contributed by atoms with Crippen LogP contribution in [0.3, 0.4) is 0 Å². The van der Waals surface area contributed by atoms with Crippen molar-refractivity contribution >= 4 is 52.3 Å². The average Bonchev–Trinajstić information content (AvgIpc) is 3.26. The SMILES string of the molecule is CCC1(CC)CC(C)(C)N(c2c(C(C)C)cccc2C(C)C)[C]1c1cc2c3c(c1)Sc1ccccc1B3c1ccccc1S2. The Bertz CT molecular complexity index is 1640. The Morgan fingerprint density at radius 2 is 1.20 bits per heavy atom. The van der Waals surface area contributed by atoms with Crippen LogP contribution in [0.2, 0.25) is 0 Å². The van der Waals surface area contributed by atoms with Gasteiger partial charge in [-0.25, -0.2) is 0 Å². The predicted octanol–water partition coefficient (Wildman–Crippen LogP) is 9.75. The van der Waals surface area contributed by atoms with Crippen LogP contribution in [0.4, 0.5) is 5.69 Å². The summed E-state index contributed by atoms with van der Waals surface area (Å²) < 4.78 is 0. The van der Waals surface area contributed by atoms with Gasteiger partial charge in [-0.15, -0.1) is 0 Å². The van der Waals surface area contributed by atoms with Crippen LogP contribution in [-0.2, 0) is 0 Å². The fourth-order valence-electron chi connectivity index (χ4n) is 8.52. The van der Waals surface area contributed by atoms with E-state index < -0.39 is 0 Å². The lowest BCUT2D eigenvalue weighted by atomic mass is 9.36. The summed E-state index contributed by atoms with van der Waals surface area (Å²) >= 11 is 3.96. The molecule has 1 nitrogen and oxygen atoms in total. The molecule has 0 aliphatic carbocycles. The van der Waals surface area contributed by atoms with Gasteiger partial charge in [0.2, 0.25) is 6.71 Å². The zero-order chi connectivity index (χ0) is 31.0. The van der Waals surface area contributed by atoms with Crippen LogP contribution >= 0.6 is 23.5 Å². The molecule has 1 radical (unpaired) electrons. The number of nitrogens with zero attached hydrogens (tertiary/aromatic N) is 1. The van der Waals surface area contributed by atoms with Crippen molar-refractivity contribution in [2.75, 3.05) is 4.90 Å². The lowest BCUT2D eigenvalue weighted by Gasteiger charge is -2.44. The van der Waals surface area contributed by atoms with E-state index in [4.69, 9.17) is 0 Å². The molecule has 4 heteroatoms. The summed E-state index contributed by atoms with van der Waals surface area (Å²) in [5.41, 5.74) is 10.3. The molecule has 225 valence electrons. The van der Waals surface area contributed by atoms with Crippen molar-refractivity contribution in [1.82, 2.24) is 0 Å². The van der Waals surface area contributed by atoms with Gasteiger partial charge in [0.25, 0.3) is 0 Å². The van der Waals surface area contributed by atoms with Crippen LogP contribution in [0.25, 0.3) is 0 Å². The Morgan fingerprint density at radius 3 is 1.68 bits per heavy atom. The molecule has 1 fully saturated rings. The summed E-state index contributed by atoms with van der Waals surface area (Å²) in [6.45, 7) is 19.6. The number of rotatable bonds is 6. The third kappa shape index (κ3) is 4.53. The van der Waals surface area contributed by atoms with Crippen molar-refractivity contribution in [2.24, 2.45) is 5.41 Å². The highest BCUT2D eigenvalue weighted by Gasteiger charge is 2.56. The molecule has 0 N–H and O–H groups in total. The Hall–Kier alpha value is -2.56. The van der Waals surface area contributed by atoms with Crippen LogP contribution in [-0.4, -0.2) is 12.3 Å². The number of para-hydroxylation sites is 1. The number of benzene rings is 4. The molecule has 1 saturated heterocycles. The van der Waals surface area contributed by atoms with Gasteiger partial charge in [-0.2, -0.15) is 0 Å². The lowest BCUT2D eigenvalue weighted by molar-refractivity contribution is 0.284. The van der Waals surface area contributed by atoms with Gasteiger partial charge in [0, 0.05) is 36.2 Å². The molecule has 44 heavy (non-hydrogen) atoms. The van der Waals surface area contributed by atoms with Crippen LogP contribution < -0.4 is 21.3 Å². The van der Waals surface area contributed by atoms with E-state index in [0.29, 0.717) is 18.5 Å². The highest BCUT2D eigenvalue weighted by Crippen LogP contribution is 2.61. The second kappa shape index (κ2) is 11.1. The van der Waals surface area contributed by atoms with Gasteiger partial charge in [-0.3, -0.25) is 0 Å². The molecular formula is C40H45BNS2. The highest BCUT2D eigenvalue weighted by molar-refractivity contribution is 8.01. The van der Waals surface area contributed by atoms with E-state index in [9.17, 15) is 0 Å². The first-order chi connectivity index (χ1) is 21.1. The smallest absolute Gasteiger partial charge is 0.247 e. The van der Waals surface area contributed by atoms with Crippen molar-refractivity contribution in [2.45, 2.75) is 112 Å². The summed E-state index contributed by atoms with van der Waals surface area (Å²) in [6.07, 6.45) is 3.44. The lowest BCUT2D eigenvalue weighted by Crippen LogP contribution is -2.58.